The minimum absolute atomic E-state index is 0.374. The van der Waals surface area contributed by atoms with Crippen molar-refractivity contribution in [1.82, 2.24) is 15.2 Å². The summed E-state index contributed by atoms with van der Waals surface area (Å²) in [6.45, 7) is 3.64. The van der Waals surface area contributed by atoms with Crippen LogP contribution in [0.1, 0.15) is 18.3 Å². The molecule has 9 heteroatoms. The summed E-state index contributed by atoms with van der Waals surface area (Å²) in [7, 11) is -3.89. The van der Waals surface area contributed by atoms with E-state index in [-0.39, 0.29) is 5.16 Å². The highest BCUT2D eigenvalue weighted by Gasteiger charge is 2.24. The number of amides is 1. The SMILES string of the molecule is CCc1nc(S(=O)(=O)CC(=O)Nc2ccc(C)c(Cl)c2)n[nH]1. The van der Waals surface area contributed by atoms with Crippen LogP contribution in [0.5, 0.6) is 0 Å². The maximum absolute atomic E-state index is 12.1. The number of aryl methyl sites for hydroxylation is 2. The number of sulfone groups is 1. The third-order valence-corrected chi connectivity index (χ3v) is 4.69. The molecule has 0 unspecified atom stereocenters. The number of nitrogens with one attached hydrogen (secondary N) is 2. The summed E-state index contributed by atoms with van der Waals surface area (Å²) >= 11 is 5.95. The number of carbonyl (C=O) groups excluding carboxylic acids is 1. The van der Waals surface area contributed by atoms with Crippen molar-refractivity contribution < 1.29 is 13.2 Å². The number of carbonyl (C=O) groups is 1. The zero-order valence-corrected chi connectivity index (χ0v) is 13.6. The largest absolute Gasteiger partial charge is 0.325 e. The zero-order valence-electron chi connectivity index (χ0n) is 12.1. The van der Waals surface area contributed by atoms with Crippen LogP contribution in [-0.4, -0.2) is 35.3 Å². The van der Waals surface area contributed by atoms with Gasteiger partial charge in [0, 0.05) is 17.1 Å². The maximum atomic E-state index is 12.1. The number of aromatic amines is 1. The molecule has 0 fully saturated rings. The molecule has 0 aliphatic rings. The highest BCUT2D eigenvalue weighted by atomic mass is 35.5. The highest BCUT2D eigenvalue weighted by molar-refractivity contribution is 7.92. The van der Waals surface area contributed by atoms with E-state index in [2.05, 4.69) is 20.5 Å². The summed E-state index contributed by atoms with van der Waals surface area (Å²) < 4.78 is 24.1. The van der Waals surface area contributed by atoms with Crippen LogP contribution >= 0.6 is 11.6 Å². The summed E-state index contributed by atoms with van der Waals surface area (Å²) in [4.78, 5) is 15.7. The van der Waals surface area contributed by atoms with Crippen LogP contribution in [0.3, 0.4) is 0 Å². The molecule has 7 nitrogen and oxygen atoms in total. The molecule has 0 aliphatic heterocycles. The van der Waals surface area contributed by atoms with Crippen molar-refractivity contribution in [2.75, 3.05) is 11.1 Å². The van der Waals surface area contributed by atoms with Crippen LogP contribution in [0.25, 0.3) is 0 Å². The first-order valence-electron chi connectivity index (χ1n) is 6.52. The molecule has 0 saturated carbocycles. The second kappa shape index (κ2) is 6.45. The third kappa shape index (κ3) is 3.83. The van der Waals surface area contributed by atoms with Gasteiger partial charge in [0.2, 0.25) is 15.7 Å². The fraction of sp³-hybridized carbons (Fsp3) is 0.308. The van der Waals surface area contributed by atoms with Gasteiger partial charge in [-0.15, -0.1) is 5.10 Å². The van der Waals surface area contributed by atoms with Gasteiger partial charge in [0.1, 0.15) is 11.6 Å². The molecular weight excluding hydrogens is 328 g/mol. The van der Waals surface area contributed by atoms with Crippen molar-refractivity contribution in [3.63, 3.8) is 0 Å². The Hall–Kier alpha value is -1.93. The molecule has 1 aromatic carbocycles. The molecule has 2 rings (SSSR count). The molecule has 0 atom stereocenters. The first-order chi connectivity index (χ1) is 10.3. The lowest BCUT2D eigenvalue weighted by atomic mass is 10.2. The Morgan fingerprint density at radius 2 is 2.14 bits per heavy atom. The predicted octanol–water partition coefficient (Wildman–Crippen LogP) is 1.74. The molecule has 0 spiro atoms. The lowest BCUT2D eigenvalue weighted by Gasteiger charge is -2.06. The quantitative estimate of drug-likeness (QED) is 0.861. The van der Waals surface area contributed by atoms with Crippen LogP contribution in [0.4, 0.5) is 5.69 Å². The molecule has 118 valence electrons. The van der Waals surface area contributed by atoms with Crippen LogP contribution in [0.2, 0.25) is 5.02 Å². The van der Waals surface area contributed by atoms with E-state index in [4.69, 9.17) is 11.6 Å². The van der Waals surface area contributed by atoms with E-state index in [1.165, 1.54) is 0 Å². The molecule has 1 amide bonds. The second-order valence-corrected chi connectivity index (χ2v) is 6.98. The number of H-pyrrole nitrogens is 1. The van der Waals surface area contributed by atoms with E-state index >= 15 is 0 Å². The Labute approximate surface area is 133 Å². The van der Waals surface area contributed by atoms with E-state index < -0.39 is 21.5 Å². The lowest BCUT2D eigenvalue weighted by molar-refractivity contribution is -0.113. The summed E-state index contributed by atoms with van der Waals surface area (Å²) in [5.41, 5.74) is 1.29. The number of benzene rings is 1. The van der Waals surface area contributed by atoms with E-state index in [1.807, 2.05) is 13.8 Å². The molecule has 0 aliphatic carbocycles. The van der Waals surface area contributed by atoms with Crippen molar-refractivity contribution in [2.45, 2.75) is 25.4 Å². The van der Waals surface area contributed by atoms with Crippen molar-refractivity contribution >= 4 is 33.0 Å². The van der Waals surface area contributed by atoms with Gasteiger partial charge in [0.15, 0.2) is 0 Å². The van der Waals surface area contributed by atoms with Gasteiger partial charge in [0.05, 0.1) is 0 Å². The van der Waals surface area contributed by atoms with Crippen molar-refractivity contribution in [3.8, 4) is 0 Å². The number of nitrogens with zero attached hydrogens (tertiary/aromatic N) is 2. The van der Waals surface area contributed by atoms with Crippen LogP contribution in [0, 0.1) is 6.92 Å². The molecule has 0 bridgehead atoms. The monoisotopic (exact) mass is 342 g/mol. The van der Waals surface area contributed by atoms with E-state index in [0.29, 0.717) is 23.0 Å². The Balaban J connectivity index is 2.08. The lowest BCUT2D eigenvalue weighted by Crippen LogP contribution is -2.23. The van der Waals surface area contributed by atoms with E-state index in [9.17, 15) is 13.2 Å². The molecular formula is C13H15ClN4O3S. The normalized spacial score (nSPS) is 11.4. The Kier molecular flexibility index (Phi) is 4.82. The topological polar surface area (TPSA) is 105 Å². The number of hydrogen-bond acceptors (Lipinski definition) is 5. The van der Waals surface area contributed by atoms with Gasteiger partial charge in [-0.25, -0.2) is 13.4 Å². The third-order valence-electron chi connectivity index (χ3n) is 2.90. The molecule has 1 aromatic heterocycles. The van der Waals surface area contributed by atoms with E-state index in [0.717, 1.165) is 5.56 Å². The summed E-state index contributed by atoms with van der Waals surface area (Å²) in [5.74, 6) is -0.966. The number of hydrogen-bond donors (Lipinski definition) is 2. The molecule has 1 heterocycles. The van der Waals surface area contributed by atoms with Crippen molar-refractivity contribution in [3.05, 3.63) is 34.6 Å². The first-order valence-corrected chi connectivity index (χ1v) is 8.55. The molecule has 2 N–H and O–H groups in total. The van der Waals surface area contributed by atoms with Crippen LogP contribution < -0.4 is 5.32 Å². The smallest absolute Gasteiger partial charge is 0.267 e. The summed E-state index contributed by atoms with van der Waals surface area (Å²) in [6.07, 6.45) is 0.524. The van der Waals surface area contributed by atoms with Gasteiger partial charge < -0.3 is 5.32 Å². The van der Waals surface area contributed by atoms with E-state index in [1.54, 1.807) is 18.2 Å². The minimum Gasteiger partial charge on any atom is -0.325 e. The average Bonchev–Trinajstić information content (AvgIpc) is 2.92. The second-order valence-electron chi connectivity index (χ2n) is 4.69. The molecule has 0 radical (unpaired) electrons. The number of aromatic nitrogens is 3. The molecule has 0 saturated heterocycles. The fourth-order valence-electron chi connectivity index (χ4n) is 1.68. The predicted molar refractivity (Wildman–Crippen MR) is 82.6 cm³/mol. The number of anilines is 1. The van der Waals surface area contributed by atoms with Crippen molar-refractivity contribution in [2.24, 2.45) is 0 Å². The standard InChI is InChI=1S/C13H15ClN4O3S/c1-3-11-16-13(18-17-11)22(20,21)7-12(19)15-9-5-4-8(2)10(14)6-9/h4-6H,3,7H2,1-2H3,(H,15,19)(H,16,17,18). The van der Waals surface area contributed by atoms with Gasteiger partial charge in [0.25, 0.3) is 5.16 Å². The number of rotatable bonds is 5. The number of halogens is 1. The van der Waals surface area contributed by atoms with Gasteiger partial charge >= 0.3 is 0 Å². The minimum atomic E-state index is -3.89. The molecule has 22 heavy (non-hydrogen) atoms. The Morgan fingerprint density at radius 3 is 2.73 bits per heavy atom. The fourth-order valence-corrected chi connectivity index (χ4v) is 2.84. The van der Waals surface area contributed by atoms with Crippen molar-refractivity contribution in [1.29, 1.82) is 0 Å². The van der Waals surface area contributed by atoms with Gasteiger partial charge in [-0.05, 0) is 24.6 Å². The van der Waals surface area contributed by atoms with Gasteiger partial charge in [-0.3, -0.25) is 9.89 Å². The zero-order chi connectivity index (χ0) is 16.3. The maximum Gasteiger partial charge on any atom is 0.267 e. The van der Waals surface area contributed by atoms with Gasteiger partial charge in [-0.1, -0.05) is 24.6 Å². The Bertz CT molecular complexity index is 801. The molecule has 2 aromatic rings. The van der Waals surface area contributed by atoms with Crippen LogP contribution in [-0.2, 0) is 21.1 Å². The summed E-state index contributed by atoms with van der Waals surface area (Å²) in [5, 5.41) is 8.73. The average molecular weight is 343 g/mol. The van der Waals surface area contributed by atoms with Gasteiger partial charge in [-0.2, -0.15) is 0 Å². The highest BCUT2D eigenvalue weighted by Crippen LogP contribution is 2.20. The first kappa shape index (κ1) is 16.4. The Morgan fingerprint density at radius 1 is 1.41 bits per heavy atom. The van der Waals surface area contributed by atoms with Crippen LogP contribution in [0.15, 0.2) is 23.4 Å². The summed E-state index contributed by atoms with van der Waals surface area (Å²) in [6, 6.07) is 4.94.